The van der Waals surface area contributed by atoms with Crippen LogP contribution in [0.1, 0.15) is 13.3 Å². The number of methoxy groups -OCH3 is 1. The summed E-state index contributed by atoms with van der Waals surface area (Å²) in [6.45, 7) is 8.93. The zero-order valence-corrected chi connectivity index (χ0v) is 11.0. The first-order chi connectivity index (χ1) is 8.31. The van der Waals surface area contributed by atoms with Gasteiger partial charge >= 0.3 is 0 Å². The number of guanidine groups is 1. The summed E-state index contributed by atoms with van der Waals surface area (Å²) in [6, 6.07) is 0. The predicted molar refractivity (Wildman–Crippen MR) is 69.8 cm³/mol. The number of nitrogens with two attached hydrogens (primary N) is 1. The van der Waals surface area contributed by atoms with E-state index in [4.69, 9.17) is 10.6 Å². The van der Waals surface area contributed by atoms with Crippen LogP contribution in [-0.4, -0.2) is 68.7 Å². The van der Waals surface area contributed by atoms with Gasteiger partial charge in [0.25, 0.3) is 0 Å². The van der Waals surface area contributed by atoms with Gasteiger partial charge in [0.05, 0.1) is 0 Å². The Morgan fingerprint density at radius 1 is 1.35 bits per heavy atom. The molecule has 0 aliphatic carbocycles. The van der Waals surface area contributed by atoms with E-state index in [1.807, 2.05) is 0 Å². The molecule has 0 amide bonds. The van der Waals surface area contributed by atoms with Crippen molar-refractivity contribution in [3.63, 3.8) is 0 Å². The van der Waals surface area contributed by atoms with Crippen molar-refractivity contribution >= 4 is 5.96 Å². The lowest BCUT2D eigenvalue weighted by Crippen LogP contribution is -2.53. The van der Waals surface area contributed by atoms with Gasteiger partial charge in [0, 0.05) is 46.4 Å². The zero-order chi connectivity index (χ0) is 12.5. The Bertz CT molecular complexity index is 226. The standard InChI is InChI=1S/C11H25N5O/c1-3-15-6-8-16(9-7-15)11(14-12)13-5-4-10-17-2/h3-10,12H2,1-2H3,(H,13,14). The van der Waals surface area contributed by atoms with Crippen LogP contribution in [0.5, 0.6) is 0 Å². The minimum atomic E-state index is 0.741. The van der Waals surface area contributed by atoms with Crippen LogP contribution in [0.15, 0.2) is 4.99 Å². The molecule has 0 saturated carbocycles. The van der Waals surface area contributed by atoms with E-state index in [1.54, 1.807) is 7.11 Å². The van der Waals surface area contributed by atoms with Crippen molar-refractivity contribution in [2.75, 3.05) is 53.0 Å². The first-order valence-corrected chi connectivity index (χ1v) is 6.29. The van der Waals surface area contributed by atoms with Gasteiger partial charge < -0.3 is 14.5 Å². The molecule has 0 aromatic heterocycles. The molecule has 3 N–H and O–H groups in total. The van der Waals surface area contributed by atoms with Crippen LogP contribution in [0.4, 0.5) is 0 Å². The minimum absolute atomic E-state index is 0.741. The maximum atomic E-state index is 5.52. The normalized spacial score (nSPS) is 18.5. The lowest BCUT2D eigenvalue weighted by molar-refractivity contribution is 0.185. The molecule has 1 heterocycles. The second-order valence-corrected chi connectivity index (χ2v) is 4.12. The van der Waals surface area contributed by atoms with Crippen LogP contribution in [-0.2, 0) is 4.74 Å². The van der Waals surface area contributed by atoms with Crippen LogP contribution in [0, 0.1) is 0 Å². The average molecular weight is 243 g/mol. The van der Waals surface area contributed by atoms with Crippen molar-refractivity contribution in [2.45, 2.75) is 13.3 Å². The molecule has 6 heteroatoms. The van der Waals surface area contributed by atoms with Gasteiger partial charge in [-0.15, -0.1) is 0 Å². The molecule has 0 atom stereocenters. The van der Waals surface area contributed by atoms with E-state index in [9.17, 15) is 0 Å². The molecule has 0 aromatic carbocycles. The molecular weight excluding hydrogens is 218 g/mol. The number of nitrogens with zero attached hydrogens (tertiary/aromatic N) is 3. The molecule has 17 heavy (non-hydrogen) atoms. The highest BCUT2D eigenvalue weighted by Crippen LogP contribution is 2.01. The Labute approximate surface area is 104 Å². The smallest absolute Gasteiger partial charge is 0.208 e. The first-order valence-electron chi connectivity index (χ1n) is 6.29. The Morgan fingerprint density at radius 3 is 2.59 bits per heavy atom. The third-order valence-electron chi connectivity index (χ3n) is 3.02. The van der Waals surface area contributed by atoms with E-state index >= 15 is 0 Å². The largest absolute Gasteiger partial charge is 0.385 e. The average Bonchev–Trinajstić information content (AvgIpc) is 2.39. The van der Waals surface area contributed by atoms with Crippen molar-refractivity contribution in [3.8, 4) is 0 Å². The predicted octanol–water partition coefficient (Wildman–Crippen LogP) is -0.520. The third kappa shape index (κ3) is 4.89. The van der Waals surface area contributed by atoms with E-state index in [0.717, 1.165) is 58.3 Å². The number of hydrogen-bond donors (Lipinski definition) is 2. The Balaban J connectivity index is 2.34. The van der Waals surface area contributed by atoms with Gasteiger partial charge in [0.2, 0.25) is 5.96 Å². The summed E-state index contributed by atoms with van der Waals surface area (Å²) in [7, 11) is 1.70. The second kappa shape index (κ2) is 8.27. The van der Waals surface area contributed by atoms with Gasteiger partial charge in [-0.25, -0.2) is 5.84 Å². The third-order valence-corrected chi connectivity index (χ3v) is 3.02. The molecule has 100 valence electrons. The molecule has 1 fully saturated rings. The molecule has 0 bridgehead atoms. The molecule has 1 aliphatic rings. The van der Waals surface area contributed by atoms with Gasteiger partial charge in [-0.05, 0) is 13.0 Å². The van der Waals surface area contributed by atoms with Gasteiger partial charge in [-0.2, -0.15) is 0 Å². The van der Waals surface area contributed by atoms with Gasteiger partial charge in [-0.3, -0.25) is 10.4 Å². The van der Waals surface area contributed by atoms with E-state index < -0.39 is 0 Å². The summed E-state index contributed by atoms with van der Waals surface area (Å²) >= 11 is 0. The molecular formula is C11H25N5O. The van der Waals surface area contributed by atoms with Crippen LogP contribution < -0.4 is 11.3 Å². The Morgan fingerprint density at radius 2 is 2.06 bits per heavy atom. The van der Waals surface area contributed by atoms with Crippen molar-refractivity contribution in [2.24, 2.45) is 10.8 Å². The number of likely N-dealkylation sites (N-methyl/N-ethyl adjacent to an activating group) is 1. The van der Waals surface area contributed by atoms with Crippen LogP contribution in [0.3, 0.4) is 0 Å². The van der Waals surface area contributed by atoms with E-state index in [1.165, 1.54) is 0 Å². The number of piperazine rings is 1. The lowest BCUT2D eigenvalue weighted by Gasteiger charge is -2.35. The number of nitrogens with one attached hydrogen (secondary N) is 1. The van der Waals surface area contributed by atoms with Crippen LogP contribution in [0.25, 0.3) is 0 Å². The highest BCUT2D eigenvalue weighted by atomic mass is 16.5. The molecule has 1 saturated heterocycles. The summed E-state index contributed by atoms with van der Waals surface area (Å²) in [4.78, 5) is 9.10. The summed E-state index contributed by atoms with van der Waals surface area (Å²) < 4.78 is 4.99. The first kappa shape index (κ1) is 14.2. The number of hydrazine groups is 1. The van der Waals surface area contributed by atoms with Crippen molar-refractivity contribution in [3.05, 3.63) is 0 Å². The van der Waals surface area contributed by atoms with Gasteiger partial charge in [0.1, 0.15) is 0 Å². The maximum Gasteiger partial charge on any atom is 0.208 e. The number of aliphatic imine (C=N–C) groups is 1. The highest BCUT2D eigenvalue weighted by Gasteiger charge is 2.17. The summed E-state index contributed by atoms with van der Waals surface area (Å²) in [5, 5.41) is 0. The van der Waals surface area contributed by atoms with Crippen molar-refractivity contribution < 1.29 is 4.74 Å². The fourth-order valence-corrected chi connectivity index (χ4v) is 1.91. The van der Waals surface area contributed by atoms with Crippen LogP contribution in [0.2, 0.25) is 0 Å². The van der Waals surface area contributed by atoms with Crippen molar-refractivity contribution in [1.82, 2.24) is 15.2 Å². The Kier molecular flexibility index (Phi) is 6.91. The summed E-state index contributed by atoms with van der Waals surface area (Å²) in [5.74, 6) is 6.32. The Hall–Kier alpha value is -0.850. The number of rotatable bonds is 5. The quantitative estimate of drug-likeness (QED) is 0.224. The fourth-order valence-electron chi connectivity index (χ4n) is 1.91. The number of ether oxygens (including phenoxy) is 1. The topological polar surface area (TPSA) is 66.1 Å². The molecule has 0 unspecified atom stereocenters. The monoisotopic (exact) mass is 243 g/mol. The minimum Gasteiger partial charge on any atom is -0.385 e. The zero-order valence-electron chi connectivity index (χ0n) is 11.0. The fraction of sp³-hybridized carbons (Fsp3) is 0.909. The second-order valence-electron chi connectivity index (χ2n) is 4.12. The molecule has 6 nitrogen and oxygen atoms in total. The van der Waals surface area contributed by atoms with E-state index in [-0.39, 0.29) is 0 Å². The molecule has 1 rings (SSSR count). The SMILES string of the molecule is CCN1CCN(C(=NCCCOC)NN)CC1. The summed E-state index contributed by atoms with van der Waals surface area (Å²) in [5.41, 5.74) is 2.70. The molecule has 0 spiro atoms. The molecule has 0 radical (unpaired) electrons. The maximum absolute atomic E-state index is 5.52. The lowest BCUT2D eigenvalue weighted by atomic mass is 10.3. The number of hydrogen-bond acceptors (Lipinski definition) is 4. The van der Waals surface area contributed by atoms with Crippen LogP contribution >= 0.6 is 0 Å². The van der Waals surface area contributed by atoms with Crippen molar-refractivity contribution in [1.29, 1.82) is 0 Å². The van der Waals surface area contributed by atoms with E-state index in [0.29, 0.717) is 0 Å². The molecule has 0 aromatic rings. The van der Waals surface area contributed by atoms with Gasteiger partial charge in [-0.1, -0.05) is 6.92 Å². The highest BCUT2D eigenvalue weighted by molar-refractivity contribution is 5.79. The summed E-state index contributed by atoms with van der Waals surface area (Å²) in [6.07, 6.45) is 0.927. The van der Waals surface area contributed by atoms with Gasteiger partial charge in [0.15, 0.2) is 0 Å². The van der Waals surface area contributed by atoms with E-state index in [2.05, 4.69) is 27.1 Å². The molecule has 1 aliphatic heterocycles.